The van der Waals surface area contributed by atoms with Crippen LogP contribution in [-0.2, 0) is 9.53 Å². The second-order valence-electron chi connectivity index (χ2n) is 5.32. The molecule has 0 spiro atoms. The zero-order valence-corrected chi connectivity index (χ0v) is 14.8. The molecule has 0 saturated heterocycles. The number of esters is 1. The lowest BCUT2D eigenvalue weighted by Gasteiger charge is -2.18. The van der Waals surface area contributed by atoms with Crippen LogP contribution in [0.2, 0.25) is 0 Å². The second kappa shape index (κ2) is 8.78. The van der Waals surface area contributed by atoms with Gasteiger partial charge in [0, 0.05) is 12.1 Å². The van der Waals surface area contributed by atoms with Gasteiger partial charge in [-0.05, 0) is 18.6 Å². The molecule has 0 radical (unpaired) electrons. The molecule has 0 bridgehead atoms. The van der Waals surface area contributed by atoms with Crippen LogP contribution in [0.25, 0.3) is 6.08 Å². The standard InChI is InChI=1S/C20H22O5/c1-14(20(21)25-11-10-15-8-6-5-7-9-15)19-17(23-3)12-16(22-2)13-18(19)24-4/h5-14H,1-4H3. The third-order valence-corrected chi connectivity index (χ3v) is 3.78. The summed E-state index contributed by atoms with van der Waals surface area (Å²) in [5.74, 6) is 0.618. The number of hydrogen-bond donors (Lipinski definition) is 0. The van der Waals surface area contributed by atoms with Crippen molar-refractivity contribution in [2.24, 2.45) is 0 Å². The van der Waals surface area contributed by atoms with Crippen LogP contribution >= 0.6 is 0 Å². The Morgan fingerprint density at radius 2 is 1.56 bits per heavy atom. The van der Waals surface area contributed by atoms with Crippen molar-refractivity contribution < 1.29 is 23.7 Å². The molecule has 0 saturated carbocycles. The van der Waals surface area contributed by atoms with Gasteiger partial charge in [-0.3, -0.25) is 4.79 Å². The normalized spacial score (nSPS) is 11.8. The van der Waals surface area contributed by atoms with Crippen LogP contribution < -0.4 is 14.2 Å². The summed E-state index contributed by atoms with van der Waals surface area (Å²) in [5, 5.41) is 0. The van der Waals surface area contributed by atoms with Crippen LogP contribution in [0.15, 0.2) is 48.7 Å². The highest BCUT2D eigenvalue weighted by Crippen LogP contribution is 2.39. The maximum atomic E-state index is 12.4. The fraction of sp³-hybridized carbons (Fsp3) is 0.250. The molecule has 25 heavy (non-hydrogen) atoms. The predicted molar refractivity (Wildman–Crippen MR) is 96.1 cm³/mol. The zero-order valence-electron chi connectivity index (χ0n) is 14.8. The van der Waals surface area contributed by atoms with Crippen LogP contribution in [-0.4, -0.2) is 27.3 Å². The lowest BCUT2D eigenvalue weighted by atomic mass is 9.98. The van der Waals surface area contributed by atoms with E-state index in [1.54, 1.807) is 32.2 Å². The molecule has 2 aromatic rings. The molecule has 1 unspecified atom stereocenters. The van der Waals surface area contributed by atoms with E-state index in [9.17, 15) is 4.79 Å². The Balaban J connectivity index is 2.19. The summed E-state index contributed by atoms with van der Waals surface area (Å²) in [6.45, 7) is 1.74. The van der Waals surface area contributed by atoms with Gasteiger partial charge in [0.1, 0.15) is 17.2 Å². The van der Waals surface area contributed by atoms with Crippen molar-refractivity contribution in [2.45, 2.75) is 12.8 Å². The summed E-state index contributed by atoms with van der Waals surface area (Å²) < 4.78 is 21.3. The number of ether oxygens (including phenoxy) is 4. The molecular formula is C20H22O5. The van der Waals surface area contributed by atoms with Crippen molar-refractivity contribution >= 4 is 12.0 Å². The maximum absolute atomic E-state index is 12.4. The molecule has 0 aliphatic rings. The Bertz CT molecular complexity index is 712. The third kappa shape index (κ3) is 4.53. The maximum Gasteiger partial charge on any atom is 0.318 e. The predicted octanol–water partition coefficient (Wildman–Crippen LogP) is 4.03. The molecule has 132 valence electrons. The largest absolute Gasteiger partial charge is 0.496 e. The summed E-state index contributed by atoms with van der Waals surface area (Å²) >= 11 is 0. The molecule has 1 atom stereocenters. The summed E-state index contributed by atoms with van der Waals surface area (Å²) in [6.07, 6.45) is 3.11. The van der Waals surface area contributed by atoms with E-state index in [4.69, 9.17) is 18.9 Å². The first-order valence-electron chi connectivity index (χ1n) is 7.82. The van der Waals surface area contributed by atoms with Crippen LogP contribution in [0.3, 0.4) is 0 Å². The zero-order chi connectivity index (χ0) is 18.2. The highest BCUT2D eigenvalue weighted by Gasteiger charge is 2.25. The van der Waals surface area contributed by atoms with Crippen molar-refractivity contribution in [2.75, 3.05) is 21.3 Å². The molecule has 5 nitrogen and oxygen atoms in total. The topological polar surface area (TPSA) is 54.0 Å². The lowest BCUT2D eigenvalue weighted by Crippen LogP contribution is -2.13. The van der Waals surface area contributed by atoms with Crippen molar-refractivity contribution in [3.63, 3.8) is 0 Å². The number of carbonyl (C=O) groups is 1. The van der Waals surface area contributed by atoms with Gasteiger partial charge in [-0.15, -0.1) is 0 Å². The Morgan fingerprint density at radius 3 is 2.08 bits per heavy atom. The Labute approximate surface area is 147 Å². The van der Waals surface area contributed by atoms with Crippen LogP contribution in [0.1, 0.15) is 24.0 Å². The highest BCUT2D eigenvalue weighted by atomic mass is 16.5. The van der Waals surface area contributed by atoms with Crippen LogP contribution in [0.5, 0.6) is 17.2 Å². The van der Waals surface area contributed by atoms with Gasteiger partial charge in [0.15, 0.2) is 0 Å². The molecular weight excluding hydrogens is 320 g/mol. The van der Waals surface area contributed by atoms with E-state index >= 15 is 0 Å². The summed E-state index contributed by atoms with van der Waals surface area (Å²) in [7, 11) is 4.62. The van der Waals surface area contributed by atoms with Gasteiger partial charge < -0.3 is 18.9 Å². The third-order valence-electron chi connectivity index (χ3n) is 3.78. The number of benzene rings is 2. The van der Waals surface area contributed by atoms with Gasteiger partial charge in [0.2, 0.25) is 0 Å². The van der Waals surface area contributed by atoms with E-state index in [1.807, 2.05) is 30.3 Å². The molecule has 2 aromatic carbocycles. The van der Waals surface area contributed by atoms with Gasteiger partial charge in [0.05, 0.1) is 39.1 Å². The molecule has 0 heterocycles. The van der Waals surface area contributed by atoms with Crippen molar-refractivity contribution in [1.82, 2.24) is 0 Å². The van der Waals surface area contributed by atoms with E-state index in [0.29, 0.717) is 22.8 Å². The highest BCUT2D eigenvalue weighted by molar-refractivity contribution is 5.81. The fourth-order valence-corrected chi connectivity index (χ4v) is 2.42. The fourth-order valence-electron chi connectivity index (χ4n) is 2.42. The number of hydrogen-bond acceptors (Lipinski definition) is 5. The average molecular weight is 342 g/mol. The smallest absolute Gasteiger partial charge is 0.318 e. The Morgan fingerprint density at radius 1 is 0.960 bits per heavy atom. The molecule has 0 aliphatic carbocycles. The summed E-state index contributed by atoms with van der Waals surface area (Å²) in [6, 6.07) is 13.0. The first-order valence-corrected chi connectivity index (χ1v) is 7.82. The van der Waals surface area contributed by atoms with Crippen LogP contribution in [0, 0.1) is 0 Å². The molecule has 0 N–H and O–H groups in total. The minimum atomic E-state index is -0.573. The van der Waals surface area contributed by atoms with Gasteiger partial charge in [0.25, 0.3) is 0 Å². The van der Waals surface area contributed by atoms with Gasteiger partial charge in [-0.2, -0.15) is 0 Å². The molecule has 0 aliphatic heterocycles. The van der Waals surface area contributed by atoms with E-state index in [-0.39, 0.29) is 0 Å². The van der Waals surface area contributed by atoms with E-state index in [2.05, 4.69) is 0 Å². The molecule has 5 heteroatoms. The first-order chi connectivity index (χ1) is 12.1. The van der Waals surface area contributed by atoms with Crippen molar-refractivity contribution in [3.05, 3.63) is 59.9 Å². The van der Waals surface area contributed by atoms with E-state index < -0.39 is 11.9 Å². The van der Waals surface area contributed by atoms with Crippen LogP contribution in [0.4, 0.5) is 0 Å². The lowest BCUT2D eigenvalue weighted by molar-refractivity contribution is -0.139. The van der Waals surface area contributed by atoms with Gasteiger partial charge in [-0.1, -0.05) is 30.3 Å². The first kappa shape index (κ1) is 18.4. The van der Waals surface area contributed by atoms with E-state index in [1.165, 1.54) is 20.5 Å². The minimum absolute atomic E-state index is 0.408. The minimum Gasteiger partial charge on any atom is -0.496 e. The Hall–Kier alpha value is -2.95. The van der Waals surface area contributed by atoms with E-state index in [0.717, 1.165) is 5.56 Å². The number of rotatable bonds is 7. The van der Waals surface area contributed by atoms with Gasteiger partial charge >= 0.3 is 5.97 Å². The summed E-state index contributed by atoms with van der Waals surface area (Å²) in [4.78, 5) is 12.4. The van der Waals surface area contributed by atoms with Gasteiger partial charge in [-0.25, -0.2) is 0 Å². The van der Waals surface area contributed by atoms with Crippen molar-refractivity contribution in [3.8, 4) is 17.2 Å². The molecule has 0 amide bonds. The van der Waals surface area contributed by atoms with Crippen molar-refractivity contribution in [1.29, 1.82) is 0 Å². The monoisotopic (exact) mass is 342 g/mol. The quantitative estimate of drug-likeness (QED) is 0.562. The summed E-state index contributed by atoms with van der Waals surface area (Å²) in [5.41, 5.74) is 1.56. The second-order valence-corrected chi connectivity index (χ2v) is 5.32. The molecule has 0 fully saturated rings. The Kier molecular flexibility index (Phi) is 6.46. The molecule has 2 rings (SSSR count). The average Bonchev–Trinajstić information content (AvgIpc) is 2.66. The molecule has 0 aromatic heterocycles. The number of methoxy groups -OCH3 is 3. The SMILES string of the molecule is COc1cc(OC)c(C(C)C(=O)OC=Cc2ccccc2)c(OC)c1. The number of carbonyl (C=O) groups excluding carboxylic acids is 1.